The third-order valence-electron chi connectivity index (χ3n) is 1.53. The van der Waals surface area contributed by atoms with Crippen molar-refractivity contribution in [3.63, 3.8) is 0 Å². The van der Waals surface area contributed by atoms with E-state index in [0.717, 1.165) is 0 Å². The van der Waals surface area contributed by atoms with E-state index < -0.39 is 6.80 Å². The summed E-state index contributed by atoms with van der Waals surface area (Å²) in [6, 6.07) is 0. The highest BCUT2D eigenvalue weighted by Crippen LogP contribution is 2.13. The van der Waals surface area contributed by atoms with E-state index in [2.05, 4.69) is 0 Å². The fourth-order valence-corrected chi connectivity index (χ4v) is 0.847. The normalized spacial score (nSPS) is 21.4. The maximum atomic E-state index is 11.6. The third kappa shape index (κ3) is 1.18. The highest BCUT2D eigenvalue weighted by atomic mass is 19.1. The van der Waals surface area contributed by atoms with Crippen LogP contribution in [0.25, 0.3) is 0 Å². The summed E-state index contributed by atoms with van der Waals surface area (Å²) in [5.41, 5.74) is 4.93. The molecule has 2 N–H and O–H groups in total. The Morgan fingerprint density at radius 2 is 2.33 bits per heavy atom. The van der Waals surface area contributed by atoms with Gasteiger partial charge in [0.05, 0.1) is 5.92 Å². The summed E-state index contributed by atoms with van der Waals surface area (Å²) in [7, 11) is 0. The van der Waals surface area contributed by atoms with Crippen molar-refractivity contribution in [3.05, 3.63) is 0 Å². The minimum absolute atomic E-state index is 0.110. The Morgan fingerprint density at radius 3 is 2.67 bits per heavy atom. The zero-order valence-corrected chi connectivity index (χ0v) is 5.01. The van der Waals surface area contributed by atoms with E-state index in [1.807, 2.05) is 0 Å². The van der Waals surface area contributed by atoms with Crippen LogP contribution in [-0.2, 0) is 4.79 Å². The first-order valence-electron chi connectivity index (χ1n) is 2.81. The van der Waals surface area contributed by atoms with E-state index in [1.165, 1.54) is 4.90 Å². The smallest absolute Gasteiger partial charge is 0.223 e. The topological polar surface area (TPSA) is 46.3 Å². The Morgan fingerprint density at radius 1 is 1.78 bits per heavy atom. The molecule has 1 aliphatic heterocycles. The predicted octanol–water partition coefficient (Wildman–Crippen LogP) is -0.669. The largest absolute Gasteiger partial charge is 0.369 e. The van der Waals surface area contributed by atoms with Gasteiger partial charge in [0, 0.05) is 13.1 Å². The second-order valence-corrected chi connectivity index (χ2v) is 2.25. The van der Waals surface area contributed by atoms with Gasteiger partial charge in [-0.05, 0) is 0 Å². The van der Waals surface area contributed by atoms with E-state index in [0.29, 0.717) is 13.1 Å². The van der Waals surface area contributed by atoms with Crippen LogP contribution >= 0.6 is 0 Å². The van der Waals surface area contributed by atoms with Gasteiger partial charge in [-0.25, -0.2) is 4.39 Å². The standard InChI is InChI=1S/C5H9FN2O/c6-3-8-1-4(2-8)5(7)9/h4H,1-3H2,(H2,7,9). The van der Waals surface area contributed by atoms with Gasteiger partial charge in [-0.1, -0.05) is 0 Å². The fourth-order valence-electron chi connectivity index (χ4n) is 0.847. The molecule has 0 aromatic rings. The van der Waals surface area contributed by atoms with Gasteiger partial charge in [0.15, 0.2) is 0 Å². The molecular weight excluding hydrogens is 123 g/mol. The summed E-state index contributed by atoms with van der Waals surface area (Å²) in [6.07, 6.45) is 0. The molecule has 0 saturated carbocycles. The lowest BCUT2D eigenvalue weighted by Crippen LogP contribution is -2.51. The van der Waals surface area contributed by atoms with Crippen LogP contribution in [0.15, 0.2) is 0 Å². The molecule has 1 rings (SSSR count). The number of halogens is 1. The zero-order valence-electron chi connectivity index (χ0n) is 5.01. The molecule has 9 heavy (non-hydrogen) atoms. The maximum absolute atomic E-state index is 11.6. The van der Waals surface area contributed by atoms with Crippen molar-refractivity contribution in [2.75, 3.05) is 19.9 Å². The number of carbonyl (C=O) groups excluding carboxylic acids is 1. The molecule has 4 heteroatoms. The van der Waals surface area contributed by atoms with Gasteiger partial charge in [-0.3, -0.25) is 9.69 Å². The number of carbonyl (C=O) groups is 1. The summed E-state index contributed by atoms with van der Waals surface area (Å²) in [5, 5.41) is 0. The molecule has 0 aromatic heterocycles. The quantitative estimate of drug-likeness (QED) is 0.506. The number of primary amides is 1. The Bertz CT molecular complexity index is 122. The molecule has 1 saturated heterocycles. The van der Waals surface area contributed by atoms with Gasteiger partial charge in [0.1, 0.15) is 6.80 Å². The lowest BCUT2D eigenvalue weighted by Gasteiger charge is -2.34. The Balaban J connectivity index is 2.19. The Kier molecular flexibility index (Phi) is 1.66. The molecule has 1 fully saturated rings. The maximum Gasteiger partial charge on any atom is 0.223 e. The number of hydrogen-bond acceptors (Lipinski definition) is 2. The van der Waals surface area contributed by atoms with Crippen LogP contribution in [0.5, 0.6) is 0 Å². The molecule has 3 nitrogen and oxygen atoms in total. The number of amides is 1. The van der Waals surface area contributed by atoms with Crippen LogP contribution in [0, 0.1) is 5.92 Å². The average Bonchev–Trinajstić information content (AvgIpc) is 1.61. The van der Waals surface area contributed by atoms with Crippen molar-refractivity contribution in [1.29, 1.82) is 0 Å². The summed E-state index contributed by atoms with van der Waals surface area (Å²) in [6.45, 7) is 0.515. The van der Waals surface area contributed by atoms with Gasteiger partial charge in [0.25, 0.3) is 0 Å². The van der Waals surface area contributed by atoms with Gasteiger partial charge >= 0.3 is 0 Å². The number of nitrogens with two attached hydrogens (primary N) is 1. The van der Waals surface area contributed by atoms with Gasteiger partial charge < -0.3 is 5.73 Å². The summed E-state index contributed by atoms with van der Waals surface area (Å²) in [4.78, 5) is 11.8. The lowest BCUT2D eigenvalue weighted by molar-refractivity contribution is -0.127. The first-order chi connectivity index (χ1) is 4.24. The van der Waals surface area contributed by atoms with Gasteiger partial charge in [0.2, 0.25) is 5.91 Å². The molecule has 0 spiro atoms. The van der Waals surface area contributed by atoms with Crippen molar-refractivity contribution in [2.45, 2.75) is 0 Å². The van der Waals surface area contributed by atoms with E-state index in [9.17, 15) is 9.18 Å². The van der Waals surface area contributed by atoms with Crippen molar-refractivity contribution in [3.8, 4) is 0 Å². The SMILES string of the molecule is NC(=O)C1CN(CF)C1. The Labute approximate surface area is 52.6 Å². The highest BCUT2D eigenvalue weighted by molar-refractivity contribution is 5.78. The van der Waals surface area contributed by atoms with Crippen LogP contribution in [0.3, 0.4) is 0 Å². The van der Waals surface area contributed by atoms with Crippen LogP contribution in [0.4, 0.5) is 4.39 Å². The van der Waals surface area contributed by atoms with Crippen molar-refractivity contribution < 1.29 is 9.18 Å². The number of alkyl halides is 1. The molecular formula is C5H9FN2O. The molecule has 0 radical (unpaired) electrons. The van der Waals surface area contributed by atoms with Crippen LogP contribution < -0.4 is 5.73 Å². The van der Waals surface area contributed by atoms with Gasteiger partial charge in [-0.15, -0.1) is 0 Å². The summed E-state index contributed by atoms with van der Waals surface area (Å²) < 4.78 is 11.6. The lowest BCUT2D eigenvalue weighted by atomic mass is 10.0. The predicted molar refractivity (Wildman–Crippen MR) is 30.2 cm³/mol. The minimum atomic E-state index is -0.468. The second-order valence-electron chi connectivity index (χ2n) is 2.25. The van der Waals surface area contributed by atoms with Gasteiger partial charge in [-0.2, -0.15) is 0 Å². The molecule has 0 aliphatic carbocycles. The van der Waals surface area contributed by atoms with Crippen LogP contribution in [0.1, 0.15) is 0 Å². The molecule has 0 aromatic carbocycles. The first kappa shape index (κ1) is 6.48. The minimum Gasteiger partial charge on any atom is -0.369 e. The van der Waals surface area contributed by atoms with Crippen LogP contribution in [0.2, 0.25) is 0 Å². The van der Waals surface area contributed by atoms with Crippen molar-refractivity contribution in [2.24, 2.45) is 11.7 Å². The third-order valence-corrected chi connectivity index (χ3v) is 1.53. The number of hydrogen-bond donors (Lipinski definition) is 1. The molecule has 1 amide bonds. The molecule has 0 bridgehead atoms. The monoisotopic (exact) mass is 132 g/mol. The summed E-state index contributed by atoms with van der Waals surface area (Å²) in [5.74, 6) is -0.430. The molecule has 1 aliphatic rings. The molecule has 1 heterocycles. The van der Waals surface area contributed by atoms with Crippen molar-refractivity contribution in [1.82, 2.24) is 4.90 Å². The number of likely N-dealkylation sites (tertiary alicyclic amines) is 1. The van der Waals surface area contributed by atoms with E-state index in [4.69, 9.17) is 5.73 Å². The first-order valence-corrected chi connectivity index (χ1v) is 2.81. The van der Waals surface area contributed by atoms with Crippen molar-refractivity contribution >= 4 is 5.91 Å². The van der Waals surface area contributed by atoms with E-state index >= 15 is 0 Å². The fraction of sp³-hybridized carbons (Fsp3) is 0.800. The second kappa shape index (κ2) is 2.31. The molecule has 52 valence electrons. The van der Waals surface area contributed by atoms with E-state index in [-0.39, 0.29) is 11.8 Å². The number of nitrogens with zero attached hydrogens (tertiary/aromatic N) is 1. The van der Waals surface area contributed by atoms with E-state index in [1.54, 1.807) is 0 Å². The summed E-state index contributed by atoms with van der Waals surface area (Å²) >= 11 is 0. The highest BCUT2D eigenvalue weighted by Gasteiger charge is 2.30. The average molecular weight is 132 g/mol. The zero-order chi connectivity index (χ0) is 6.85. The Hall–Kier alpha value is -0.640. The molecule has 0 unspecified atom stereocenters. The number of rotatable bonds is 2. The van der Waals surface area contributed by atoms with Crippen LogP contribution in [-0.4, -0.2) is 30.7 Å². The molecule has 0 atom stereocenters.